The number of nitrogens with two attached hydrogens (primary N) is 1. The van der Waals surface area contributed by atoms with Crippen molar-refractivity contribution in [3.05, 3.63) is 42.2 Å². The number of nitrogens with one attached hydrogen (secondary N) is 2. The van der Waals surface area contributed by atoms with Crippen LogP contribution in [-0.4, -0.2) is 34.2 Å². The van der Waals surface area contributed by atoms with E-state index in [1.54, 1.807) is 13.8 Å². The molecule has 28 heavy (non-hydrogen) atoms. The number of carbonyl (C=O) groups excluding carboxylic acids is 2. The Hall–Kier alpha value is -2.59. The van der Waals surface area contributed by atoms with Crippen molar-refractivity contribution in [2.75, 3.05) is 11.9 Å². The molecule has 2 rings (SSSR count). The topological polar surface area (TPSA) is 102 Å². The summed E-state index contributed by atoms with van der Waals surface area (Å²) in [7, 11) is 0. The van der Waals surface area contributed by atoms with Crippen molar-refractivity contribution in [3.8, 4) is 5.69 Å². The molecule has 0 bridgehead atoms. The molecule has 0 unspecified atom stereocenters. The smallest absolute Gasteiger partial charge is 0.346 e. The second-order valence-electron chi connectivity index (χ2n) is 6.26. The molecule has 1 aromatic heterocycles. The second kappa shape index (κ2) is 9.56. The Morgan fingerprint density at radius 2 is 1.96 bits per heavy atom. The summed E-state index contributed by atoms with van der Waals surface area (Å²) in [6.07, 6.45) is -1.80. The number of rotatable bonds is 6. The third-order valence-electron chi connectivity index (χ3n) is 3.75. The summed E-state index contributed by atoms with van der Waals surface area (Å²) in [5.74, 6) is -1.03. The van der Waals surface area contributed by atoms with Gasteiger partial charge in [-0.05, 0) is 24.1 Å². The average Bonchev–Trinajstić information content (AvgIpc) is 3.06. The van der Waals surface area contributed by atoms with E-state index in [-0.39, 0.29) is 36.2 Å². The number of hydrogen-bond acceptors (Lipinski definition) is 4. The molecule has 0 aliphatic heterocycles. The van der Waals surface area contributed by atoms with Crippen LogP contribution in [0.15, 0.2) is 36.7 Å². The maximum atomic E-state index is 12.8. The minimum Gasteiger partial charge on any atom is -0.346 e. The van der Waals surface area contributed by atoms with Gasteiger partial charge in [0.1, 0.15) is 0 Å². The summed E-state index contributed by atoms with van der Waals surface area (Å²) in [4.78, 5) is 23.6. The Morgan fingerprint density at radius 1 is 1.29 bits per heavy atom. The van der Waals surface area contributed by atoms with Crippen LogP contribution in [-0.2, 0) is 15.8 Å². The molecular weight excluding hydrogens is 399 g/mol. The Bertz CT molecular complexity index is 823. The van der Waals surface area contributed by atoms with Crippen molar-refractivity contribution in [1.29, 1.82) is 0 Å². The minimum absolute atomic E-state index is 0. The molecule has 1 heterocycles. The van der Waals surface area contributed by atoms with E-state index >= 15 is 0 Å². The first kappa shape index (κ1) is 23.4. The zero-order chi connectivity index (χ0) is 20.2. The number of hydrogen-bond donors (Lipinski definition) is 3. The average molecular weight is 420 g/mol. The van der Waals surface area contributed by atoms with Gasteiger partial charge in [-0.2, -0.15) is 18.3 Å². The maximum absolute atomic E-state index is 12.8. The largest absolute Gasteiger partial charge is 0.416 e. The van der Waals surface area contributed by atoms with Crippen molar-refractivity contribution < 1.29 is 22.8 Å². The van der Waals surface area contributed by atoms with Gasteiger partial charge in [0.05, 0.1) is 41.9 Å². The van der Waals surface area contributed by atoms with Crippen LogP contribution >= 0.6 is 12.4 Å². The first-order chi connectivity index (χ1) is 12.6. The summed E-state index contributed by atoms with van der Waals surface area (Å²) < 4.78 is 39.6. The van der Waals surface area contributed by atoms with Gasteiger partial charge in [0, 0.05) is 0 Å². The maximum Gasteiger partial charge on any atom is 0.416 e. The van der Waals surface area contributed by atoms with Crippen LogP contribution in [0.5, 0.6) is 0 Å². The van der Waals surface area contributed by atoms with E-state index in [0.717, 1.165) is 12.1 Å². The van der Waals surface area contributed by atoms with E-state index in [4.69, 9.17) is 5.73 Å². The summed E-state index contributed by atoms with van der Waals surface area (Å²) in [6.45, 7) is 3.28. The van der Waals surface area contributed by atoms with Gasteiger partial charge >= 0.3 is 6.18 Å². The number of nitrogens with zero attached hydrogens (tertiary/aromatic N) is 2. The number of amides is 2. The standard InChI is InChI=1S/C17H20F3N5O2.ClH/c1-10(2)15(21)16(27)22-8-14(26)24-12-7-23-25(9-12)13-5-3-4-11(6-13)17(18,19)20;/h3-7,9-10,15H,8,21H2,1-2H3,(H,22,27)(H,24,26);1H/t15-;/m0./s1. The monoisotopic (exact) mass is 419 g/mol. The number of alkyl halides is 3. The molecule has 0 fully saturated rings. The van der Waals surface area contributed by atoms with Crippen LogP contribution in [0.1, 0.15) is 19.4 Å². The minimum atomic E-state index is -4.46. The zero-order valence-electron chi connectivity index (χ0n) is 15.2. The Labute approximate surface area is 165 Å². The van der Waals surface area contributed by atoms with Crippen molar-refractivity contribution in [1.82, 2.24) is 15.1 Å². The van der Waals surface area contributed by atoms with Crippen LogP contribution in [0.2, 0.25) is 0 Å². The van der Waals surface area contributed by atoms with Gasteiger partial charge in [-0.1, -0.05) is 19.9 Å². The quantitative estimate of drug-likeness (QED) is 0.668. The van der Waals surface area contributed by atoms with Gasteiger partial charge in [-0.15, -0.1) is 12.4 Å². The van der Waals surface area contributed by atoms with Crippen molar-refractivity contribution in [2.45, 2.75) is 26.1 Å². The molecule has 0 radical (unpaired) electrons. The normalized spacial score (nSPS) is 12.2. The first-order valence-electron chi connectivity index (χ1n) is 8.13. The lowest BCUT2D eigenvalue weighted by Crippen LogP contribution is -2.46. The van der Waals surface area contributed by atoms with Crippen molar-refractivity contribution >= 4 is 29.9 Å². The SMILES string of the molecule is CC(C)[C@H](N)C(=O)NCC(=O)Nc1cnn(-c2cccc(C(F)(F)F)c2)c1.Cl. The third-order valence-corrected chi connectivity index (χ3v) is 3.75. The second-order valence-corrected chi connectivity index (χ2v) is 6.26. The molecule has 7 nitrogen and oxygen atoms in total. The Kier molecular flexibility index (Phi) is 8.01. The van der Waals surface area contributed by atoms with Gasteiger partial charge in [-0.3, -0.25) is 9.59 Å². The number of anilines is 1. The van der Waals surface area contributed by atoms with Crippen molar-refractivity contribution in [2.24, 2.45) is 11.7 Å². The van der Waals surface area contributed by atoms with E-state index in [1.165, 1.54) is 29.2 Å². The predicted molar refractivity (Wildman–Crippen MR) is 100 cm³/mol. The first-order valence-corrected chi connectivity index (χ1v) is 8.13. The molecule has 0 aliphatic carbocycles. The molecule has 1 aromatic carbocycles. The van der Waals surface area contributed by atoms with E-state index in [0.29, 0.717) is 0 Å². The summed E-state index contributed by atoms with van der Waals surface area (Å²) >= 11 is 0. The van der Waals surface area contributed by atoms with Crippen LogP contribution in [0.3, 0.4) is 0 Å². The number of aromatic nitrogens is 2. The van der Waals surface area contributed by atoms with Gasteiger partial charge in [0.2, 0.25) is 11.8 Å². The highest BCUT2D eigenvalue weighted by Gasteiger charge is 2.30. The lowest BCUT2D eigenvalue weighted by Gasteiger charge is -2.14. The highest BCUT2D eigenvalue weighted by molar-refractivity contribution is 5.95. The molecule has 0 saturated heterocycles. The van der Waals surface area contributed by atoms with Gasteiger partial charge in [0.25, 0.3) is 0 Å². The molecule has 11 heteroatoms. The fourth-order valence-corrected chi connectivity index (χ4v) is 2.15. The van der Waals surface area contributed by atoms with E-state index in [1.807, 2.05) is 0 Å². The lowest BCUT2D eigenvalue weighted by molar-refractivity contribution is -0.137. The fraction of sp³-hybridized carbons (Fsp3) is 0.353. The molecule has 2 amide bonds. The van der Waals surface area contributed by atoms with E-state index in [9.17, 15) is 22.8 Å². The molecule has 0 spiro atoms. The van der Waals surface area contributed by atoms with Crippen molar-refractivity contribution in [3.63, 3.8) is 0 Å². The number of benzene rings is 1. The van der Waals surface area contributed by atoms with Gasteiger partial charge in [-0.25, -0.2) is 4.68 Å². The predicted octanol–water partition coefficient (Wildman–Crippen LogP) is 2.35. The van der Waals surface area contributed by atoms with Crippen LogP contribution in [0, 0.1) is 5.92 Å². The molecule has 2 aromatic rings. The van der Waals surface area contributed by atoms with Crippen LogP contribution in [0.4, 0.5) is 18.9 Å². The molecular formula is C17H21ClF3N5O2. The summed E-state index contributed by atoms with van der Waals surface area (Å²) in [5.41, 5.74) is 5.34. The summed E-state index contributed by atoms with van der Waals surface area (Å²) in [5, 5.41) is 8.86. The number of carbonyl (C=O) groups is 2. The van der Waals surface area contributed by atoms with E-state index in [2.05, 4.69) is 15.7 Å². The number of halogens is 4. The highest BCUT2D eigenvalue weighted by Crippen LogP contribution is 2.30. The van der Waals surface area contributed by atoms with Crippen LogP contribution in [0.25, 0.3) is 5.69 Å². The lowest BCUT2D eigenvalue weighted by atomic mass is 10.1. The third kappa shape index (κ3) is 6.24. The van der Waals surface area contributed by atoms with Gasteiger partial charge in [0.15, 0.2) is 0 Å². The Morgan fingerprint density at radius 3 is 2.57 bits per heavy atom. The summed E-state index contributed by atoms with van der Waals surface area (Å²) in [6, 6.07) is 3.92. The Balaban J connectivity index is 0.00000392. The molecule has 0 saturated carbocycles. The molecule has 1 atom stereocenters. The molecule has 4 N–H and O–H groups in total. The zero-order valence-corrected chi connectivity index (χ0v) is 16.0. The fourth-order valence-electron chi connectivity index (χ4n) is 2.15. The van der Waals surface area contributed by atoms with E-state index < -0.39 is 29.6 Å². The van der Waals surface area contributed by atoms with Crippen LogP contribution < -0.4 is 16.4 Å². The molecule has 0 aliphatic rings. The van der Waals surface area contributed by atoms with Gasteiger partial charge < -0.3 is 16.4 Å². The highest BCUT2D eigenvalue weighted by atomic mass is 35.5. The molecule has 154 valence electrons.